The molecule has 0 bridgehead atoms. The normalized spacial score (nSPS) is 15.9. The number of aromatic nitrogens is 1. The molecule has 3 aromatic rings. The van der Waals surface area contributed by atoms with Crippen LogP contribution in [-0.4, -0.2) is 27.5 Å². The number of benzene rings is 2. The SMILES string of the molecule is O=c1oc2ccc([N+](=O)[O-])cc2n1CN1CCC(Cc2cccc(F)c2)CC1. The summed E-state index contributed by atoms with van der Waals surface area (Å²) in [6, 6.07) is 10.9. The van der Waals surface area contributed by atoms with Crippen LogP contribution < -0.4 is 5.76 Å². The molecule has 1 aliphatic rings. The summed E-state index contributed by atoms with van der Waals surface area (Å²) in [5, 5.41) is 11.0. The maximum absolute atomic E-state index is 13.3. The molecule has 0 spiro atoms. The van der Waals surface area contributed by atoms with Gasteiger partial charge in [0.15, 0.2) is 5.58 Å². The number of rotatable bonds is 5. The molecule has 1 aromatic heterocycles. The first-order valence-electron chi connectivity index (χ1n) is 9.24. The lowest BCUT2D eigenvalue weighted by atomic mass is 9.90. The van der Waals surface area contributed by atoms with Crippen LogP contribution in [-0.2, 0) is 13.1 Å². The number of nitrogens with zero attached hydrogens (tertiary/aromatic N) is 3. The van der Waals surface area contributed by atoms with Crippen LogP contribution >= 0.6 is 0 Å². The van der Waals surface area contributed by atoms with E-state index >= 15 is 0 Å². The molecule has 146 valence electrons. The molecule has 8 heteroatoms. The van der Waals surface area contributed by atoms with Gasteiger partial charge in [0, 0.05) is 25.2 Å². The van der Waals surface area contributed by atoms with Crippen LogP contribution in [0.5, 0.6) is 0 Å². The molecule has 4 rings (SSSR count). The van der Waals surface area contributed by atoms with Gasteiger partial charge in [-0.3, -0.25) is 19.6 Å². The molecular formula is C20H20FN3O4. The monoisotopic (exact) mass is 385 g/mol. The molecule has 0 aliphatic carbocycles. The van der Waals surface area contributed by atoms with Crippen molar-refractivity contribution in [3.05, 3.63) is 74.5 Å². The Morgan fingerprint density at radius 3 is 2.68 bits per heavy atom. The van der Waals surface area contributed by atoms with Gasteiger partial charge in [0.1, 0.15) is 5.82 Å². The van der Waals surface area contributed by atoms with Crippen molar-refractivity contribution in [3.8, 4) is 0 Å². The highest BCUT2D eigenvalue weighted by Gasteiger charge is 2.22. The van der Waals surface area contributed by atoms with Crippen molar-refractivity contribution in [2.45, 2.75) is 25.9 Å². The van der Waals surface area contributed by atoms with Crippen LogP contribution in [0.2, 0.25) is 0 Å². The van der Waals surface area contributed by atoms with Gasteiger partial charge in [0.2, 0.25) is 0 Å². The highest BCUT2D eigenvalue weighted by Crippen LogP contribution is 2.24. The van der Waals surface area contributed by atoms with Gasteiger partial charge in [-0.25, -0.2) is 9.18 Å². The first-order chi connectivity index (χ1) is 13.5. The van der Waals surface area contributed by atoms with E-state index in [0.717, 1.165) is 37.9 Å². The number of nitro groups is 1. The molecule has 0 N–H and O–H groups in total. The van der Waals surface area contributed by atoms with E-state index in [4.69, 9.17) is 4.42 Å². The molecule has 7 nitrogen and oxygen atoms in total. The summed E-state index contributed by atoms with van der Waals surface area (Å²) in [5.74, 6) is -0.260. The largest absolute Gasteiger partial charge is 0.421 e. The minimum absolute atomic E-state index is 0.0733. The Bertz CT molecular complexity index is 1070. The predicted molar refractivity (Wildman–Crippen MR) is 102 cm³/mol. The summed E-state index contributed by atoms with van der Waals surface area (Å²) < 4.78 is 20.0. The lowest BCUT2D eigenvalue weighted by Gasteiger charge is -2.31. The van der Waals surface area contributed by atoms with Crippen molar-refractivity contribution in [2.75, 3.05) is 13.1 Å². The molecular weight excluding hydrogens is 365 g/mol. The number of nitro benzene ring substituents is 1. The molecule has 1 aliphatic heterocycles. The van der Waals surface area contributed by atoms with Crippen molar-refractivity contribution in [1.82, 2.24) is 9.47 Å². The van der Waals surface area contributed by atoms with Gasteiger partial charge in [0.25, 0.3) is 5.69 Å². The maximum atomic E-state index is 13.3. The maximum Gasteiger partial charge on any atom is 0.421 e. The first-order valence-corrected chi connectivity index (χ1v) is 9.24. The Balaban J connectivity index is 1.43. The quantitative estimate of drug-likeness (QED) is 0.496. The summed E-state index contributed by atoms with van der Waals surface area (Å²) >= 11 is 0. The van der Waals surface area contributed by atoms with Gasteiger partial charge < -0.3 is 4.42 Å². The standard InChI is InChI=1S/C20H20FN3O4/c21-16-3-1-2-15(11-16)10-14-6-8-22(9-7-14)13-23-18-12-17(24(26)27)4-5-19(18)28-20(23)25/h1-5,11-12,14H,6-10,13H2. The Hall–Kier alpha value is -3.00. The van der Waals surface area contributed by atoms with E-state index in [1.165, 1.54) is 28.8 Å². The molecule has 2 aromatic carbocycles. The zero-order valence-corrected chi connectivity index (χ0v) is 15.2. The number of hydrogen-bond donors (Lipinski definition) is 0. The van der Waals surface area contributed by atoms with Gasteiger partial charge in [-0.1, -0.05) is 12.1 Å². The van der Waals surface area contributed by atoms with Gasteiger partial charge in [-0.05, 0) is 48.9 Å². The van der Waals surface area contributed by atoms with Crippen LogP contribution in [0.1, 0.15) is 18.4 Å². The topological polar surface area (TPSA) is 81.5 Å². The van der Waals surface area contributed by atoms with Crippen molar-refractivity contribution >= 4 is 16.8 Å². The van der Waals surface area contributed by atoms with E-state index in [9.17, 15) is 19.3 Å². The van der Waals surface area contributed by atoms with E-state index in [1.54, 1.807) is 12.1 Å². The Labute approximate surface area is 160 Å². The lowest BCUT2D eigenvalue weighted by Crippen LogP contribution is -2.37. The Kier molecular flexibility index (Phi) is 4.95. The number of non-ortho nitro benzene ring substituents is 1. The van der Waals surface area contributed by atoms with Gasteiger partial charge >= 0.3 is 5.76 Å². The van der Waals surface area contributed by atoms with Crippen molar-refractivity contribution in [3.63, 3.8) is 0 Å². The molecule has 0 amide bonds. The van der Waals surface area contributed by atoms with E-state index in [0.29, 0.717) is 23.7 Å². The third kappa shape index (κ3) is 3.82. The minimum Gasteiger partial charge on any atom is -0.408 e. The summed E-state index contributed by atoms with van der Waals surface area (Å²) in [6.45, 7) is 1.93. The first kappa shape index (κ1) is 18.4. The minimum atomic E-state index is -0.516. The molecule has 0 atom stereocenters. The fourth-order valence-corrected chi connectivity index (χ4v) is 3.83. The van der Waals surface area contributed by atoms with E-state index in [2.05, 4.69) is 4.90 Å². The lowest BCUT2D eigenvalue weighted by molar-refractivity contribution is -0.384. The smallest absolute Gasteiger partial charge is 0.408 e. The number of hydrogen-bond acceptors (Lipinski definition) is 5. The van der Waals surface area contributed by atoms with Gasteiger partial charge in [0.05, 0.1) is 17.1 Å². The predicted octanol–water partition coefficient (Wildman–Crippen LogP) is 3.55. The number of likely N-dealkylation sites (tertiary alicyclic amines) is 1. The number of piperidine rings is 1. The van der Waals surface area contributed by atoms with Gasteiger partial charge in [-0.2, -0.15) is 0 Å². The second-order valence-electron chi connectivity index (χ2n) is 7.24. The van der Waals surface area contributed by atoms with Crippen LogP contribution in [0.25, 0.3) is 11.1 Å². The average Bonchev–Trinajstić information content (AvgIpc) is 2.98. The van der Waals surface area contributed by atoms with Crippen LogP contribution in [0, 0.1) is 21.8 Å². The number of oxazole rings is 1. The van der Waals surface area contributed by atoms with Gasteiger partial charge in [-0.15, -0.1) is 0 Å². The Morgan fingerprint density at radius 1 is 1.18 bits per heavy atom. The van der Waals surface area contributed by atoms with E-state index in [-0.39, 0.29) is 11.5 Å². The van der Waals surface area contributed by atoms with Crippen molar-refractivity contribution < 1.29 is 13.7 Å². The molecule has 0 saturated carbocycles. The average molecular weight is 385 g/mol. The third-order valence-electron chi connectivity index (χ3n) is 5.32. The van der Waals surface area contributed by atoms with Crippen molar-refractivity contribution in [2.24, 2.45) is 5.92 Å². The summed E-state index contributed by atoms with van der Waals surface area (Å²) in [5.41, 5.74) is 1.70. The molecule has 28 heavy (non-hydrogen) atoms. The number of halogens is 1. The van der Waals surface area contributed by atoms with Crippen LogP contribution in [0.3, 0.4) is 0 Å². The van der Waals surface area contributed by atoms with E-state index < -0.39 is 10.7 Å². The molecule has 0 unspecified atom stereocenters. The third-order valence-corrected chi connectivity index (χ3v) is 5.32. The molecule has 2 heterocycles. The zero-order chi connectivity index (χ0) is 19.7. The van der Waals surface area contributed by atoms with E-state index in [1.807, 2.05) is 6.07 Å². The molecule has 0 radical (unpaired) electrons. The number of fused-ring (bicyclic) bond motifs is 1. The molecule has 1 saturated heterocycles. The fourth-order valence-electron chi connectivity index (χ4n) is 3.83. The van der Waals surface area contributed by atoms with Crippen LogP contribution in [0.4, 0.5) is 10.1 Å². The van der Waals surface area contributed by atoms with Crippen molar-refractivity contribution in [1.29, 1.82) is 0 Å². The Morgan fingerprint density at radius 2 is 1.96 bits per heavy atom. The fraction of sp³-hybridized carbons (Fsp3) is 0.350. The highest BCUT2D eigenvalue weighted by molar-refractivity contribution is 5.75. The second kappa shape index (κ2) is 7.55. The van der Waals surface area contributed by atoms with Crippen LogP contribution in [0.15, 0.2) is 51.7 Å². The summed E-state index contributed by atoms with van der Waals surface area (Å²) in [4.78, 5) is 24.9. The highest BCUT2D eigenvalue weighted by atomic mass is 19.1. The second-order valence-corrected chi connectivity index (χ2v) is 7.24. The summed E-state index contributed by atoms with van der Waals surface area (Å²) in [6.07, 6.45) is 2.73. The zero-order valence-electron chi connectivity index (χ0n) is 15.2. The summed E-state index contributed by atoms with van der Waals surface area (Å²) in [7, 11) is 0. The molecule has 1 fully saturated rings.